The third-order valence-electron chi connectivity index (χ3n) is 7.80. The van der Waals surface area contributed by atoms with E-state index in [1.54, 1.807) is 24.3 Å². The molecule has 1 aliphatic heterocycles. The van der Waals surface area contributed by atoms with Gasteiger partial charge >= 0.3 is 0 Å². The van der Waals surface area contributed by atoms with Crippen LogP contribution in [0.5, 0.6) is 0 Å². The average molecular weight is 597 g/mol. The topological polar surface area (TPSA) is 90.5 Å². The normalized spacial score (nSPS) is 15.0. The highest BCUT2D eigenvalue weighted by Gasteiger charge is 2.22. The summed E-state index contributed by atoms with van der Waals surface area (Å²) in [5.74, 6) is 1.25. The Hall–Kier alpha value is -3.93. The predicted octanol–water partition coefficient (Wildman–Crippen LogP) is 6.30. The van der Waals surface area contributed by atoms with Crippen molar-refractivity contribution in [3.8, 4) is 17.4 Å². The summed E-state index contributed by atoms with van der Waals surface area (Å²) < 4.78 is 11.7. The fraction of sp³-hybridized carbons (Fsp3) is 0.314. The van der Waals surface area contributed by atoms with Gasteiger partial charge in [0.2, 0.25) is 0 Å². The molecule has 4 aromatic rings. The second kappa shape index (κ2) is 14.5. The molecule has 1 fully saturated rings. The van der Waals surface area contributed by atoms with Gasteiger partial charge in [-0.3, -0.25) is 9.69 Å². The first-order valence-corrected chi connectivity index (χ1v) is 15.0. The van der Waals surface area contributed by atoms with Crippen molar-refractivity contribution in [3.05, 3.63) is 117 Å². The number of amides is 1. The standard InChI is InChI=1S/C35H37ClN4O3/c1-24-3-9-28(10-4-24)25(2)38-22-31-12-14-34(43-31)29-11-13-33(36)32(20-29)35(41)39-30(23-40-15-17-42-18-16-40)19-26-5-7-27(21-37)8-6-26/h3-14,20,25,30,38H,15-19,22-23H2,1-2H3,(H,39,41)/t25-,30-/m1/s1. The van der Waals surface area contributed by atoms with Crippen molar-refractivity contribution in [2.45, 2.75) is 38.9 Å². The molecule has 3 aromatic carbocycles. The lowest BCUT2D eigenvalue weighted by molar-refractivity contribution is 0.0333. The minimum atomic E-state index is -0.237. The minimum Gasteiger partial charge on any atom is -0.460 e. The summed E-state index contributed by atoms with van der Waals surface area (Å²) in [6, 6.07) is 27.4. The molecular formula is C35H37ClN4O3. The average Bonchev–Trinajstić information content (AvgIpc) is 3.50. The number of hydrogen-bond acceptors (Lipinski definition) is 6. The van der Waals surface area contributed by atoms with Crippen LogP contribution in [0.3, 0.4) is 0 Å². The maximum Gasteiger partial charge on any atom is 0.253 e. The van der Waals surface area contributed by atoms with Crippen LogP contribution in [0.15, 0.2) is 83.3 Å². The molecule has 1 amide bonds. The number of morpholine rings is 1. The third-order valence-corrected chi connectivity index (χ3v) is 8.13. The van der Waals surface area contributed by atoms with Crippen LogP contribution in [0.4, 0.5) is 0 Å². The summed E-state index contributed by atoms with van der Waals surface area (Å²) in [6.07, 6.45) is 0.627. The molecule has 1 aliphatic rings. The molecule has 0 bridgehead atoms. The highest BCUT2D eigenvalue weighted by Crippen LogP contribution is 2.27. The van der Waals surface area contributed by atoms with Gasteiger partial charge < -0.3 is 19.8 Å². The number of nitriles is 1. The van der Waals surface area contributed by atoms with Gasteiger partial charge in [-0.1, -0.05) is 53.6 Å². The monoisotopic (exact) mass is 596 g/mol. The Bertz CT molecular complexity index is 1550. The van der Waals surface area contributed by atoms with Crippen molar-refractivity contribution in [2.24, 2.45) is 0 Å². The zero-order valence-electron chi connectivity index (χ0n) is 24.6. The van der Waals surface area contributed by atoms with E-state index in [1.807, 2.05) is 30.3 Å². The van der Waals surface area contributed by atoms with Crippen LogP contribution in [-0.2, 0) is 17.7 Å². The molecular weight excluding hydrogens is 560 g/mol. The summed E-state index contributed by atoms with van der Waals surface area (Å²) in [7, 11) is 0. The molecule has 0 spiro atoms. The number of ether oxygens (including phenoxy) is 1. The van der Waals surface area contributed by atoms with E-state index in [9.17, 15) is 4.79 Å². The van der Waals surface area contributed by atoms with Crippen LogP contribution < -0.4 is 10.6 Å². The number of benzene rings is 3. The van der Waals surface area contributed by atoms with E-state index in [1.165, 1.54) is 11.1 Å². The molecule has 43 heavy (non-hydrogen) atoms. The van der Waals surface area contributed by atoms with Gasteiger partial charge in [0.15, 0.2) is 0 Å². The number of rotatable bonds is 11. The SMILES string of the molecule is Cc1ccc([C@@H](C)NCc2ccc(-c3ccc(Cl)c(C(=O)N[C@H](Cc4ccc(C#N)cc4)CN4CCOCC4)c3)o2)cc1. The highest BCUT2D eigenvalue weighted by molar-refractivity contribution is 6.34. The van der Waals surface area contributed by atoms with Crippen LogP contribution in [-0.4, -0.2) is 49.7 Å². The Kier molecular flexibility index (Phi) is 10.3. The van der Waals surface area contributed by atoms with Crippen molar-refractivity contribution < 1.29 is 13.9 Å². The lowest BCUT2D eigenvalue weighted by atomic mass is 10.0. The van der Waals surface area contributed by atoms with E-state index in [-0.39, 0.29) is 18.0 Å². The van der Waals surface area contributed by atoms with Gasteiger partial charge in [0.1, 0.15) is 11.5 Å². The van der Waals surface area contributed by atoms with Crippen molar-refractivity contribution in [3.63, 3.8) is 0 Å². The fourth-order valence-electron chi connectivity index (χ4n) is 5.23. The van der Waals surface area contributed by atoms with Crippen LogP contribution in [0, 0.1) is 18.3 Å². The van der Waals surface area contributed by atoms with Crippen LogP contribution in [0.25, 0.3) is 11.3 Å². The fourth-order valence-corrected chi connectivity index (χ4v) is 5.43. The maximum absolute atomic E-state index is 13.6. The van der Waals surface area contributed by atoms with E-state index in [0.29, 0.717) is 54.6 Å². The third kappa shape index (κ3) is 8.34. The van der Waals surface area contributed by atoms with Crippen molar-refractivity contribution >= 4 is 17.5 Å². The van der Waals surface area contributed by atoms with E-state index < -0.39 is 0 Å². The number of halogens is 1. The van der Waals surface area contributed by atoms with Crippen LogP contribution >= 0.6 is 11.6 Å². The molecule has 0 radical (unpaired) electrons. The zero-order chi connectivity index (χ0) is 30.2. The summed E-state index contributed by atoms with van der Waals surface area (Å²) in [5.41, 5.74) is 5.29. The molecule has 0 aliphatic carbocycles. The number of nitrogens with one attached hydrogen (secondary N) is 2. The molecule has 2 heterocycles. The molecule has 2 atom stereocenters. The number of nitrogens with zero attached hydrogens (tertiary/aromatic N) is 2. The number of carbonyl (C=O) groups is 1. The van der Waals surface area contributed by atoms with Crippen LogP contribution in [0.1, 0.15) is 51.3 Å². The summed E-state index contributed by atoms with van der Waals surface area (Å²) in [5, 5.41) is 16.3. The molecule has 7 nitrogen and oxygen atoms in total. The predicted molar refractivity (Wildman–Crippen MR) is 169 cm³/mol. The van der Waals surface area contributed by atoms with E-state index >= 15 is 0 Å². The Morgan fingerprint density at radius 3 is 2.49 bits per heavy atom. The van der Waals surface area contributed by atoms with E-state index in [2.05, 4.69) is 59.7 Å². The van der Waals surface area contributed by atoms with Gasteiger partial charge in [0.25, 0.3) is 5.91 Å². The van der Waals surface area contributed by atoms with Crippen molar-refractivity contribution in [1.29, 1.82) is 5.26 Å². The smallest absolute Gasteiger partial charge is 0.253 e. The van der Waals surface area contributed by atoms with Crippen molar-refractivity contribution in [1.82, 2.24) is 15.5 Å². The quantitative estimate of drug-likeness (QED) is 0.211. The van der Waals surface area contributed by atoms with E-state index in [0.717, 1.165) is 30.0 Å². The minimum absolute atomic E-state index is 0.157. The number of furan rings is 1. The second-order valence-electron chi connectivity index (χ2n) is 11.1. The van der Waals surface area contributed by atoms with Gasteiger partial charge in [-0.2, -0.15) is 5.26 Å². The molecule has 0 unspecified atom stereocenters. The summed E-state index contributed by atoms with van der Waals surface area (Å²) >= 11 is 6.55. The molecule has 0 saturated carbocycles. The lowest BCUT2D eigenvalue weighted by Crippen LogP contribution is -2.48. The number of hydrogen-bond donors (Lipinski definition) is 2. The molecule has 1 aromatic heterocycles. The number of carbonyl (C=O) groups excluding carboxylic acids is 1. The van der Waals surface area contributed by atoms with Gasteiger partial charge in [-0.05, 0) is 73.9 Å². The Balaban J connectivity index is 1.27. The Morgan fingerprint density at radius 2 is 1.77 bits per heavy atom. The lowest BCUT2D eigenvalue weighted by Gasteiger charge is -2.31. The zero-order valence-corrected chi connectivity index (χ0v) is 25.4. The largest absolute Gasteiger partial charge is 0.460 e. The molecule has 222 valence electrons. The Morgan fingerprint density at radius 1 is 1.02 bits per heavy atom. The van der Waals surface area contributed by atoms with E-state index in [4.69, 9.17) is 26.0 Å². The van der Waals surface area contributed by atoms with Gasteiger partial charge in [0, 0.05) is 37.3 Å². The van der Waals surface area contributed by atoms with Gasteiger partial charge in [-0.15, -0.1) is 0 Å². The maximum atomic E-state index is 13.6. The first-order chi connectivity index (χ1) is 20.9. The molecule has 2 N–H and O–H groups in total. The molecule has 8 heteroatoms. The van der Waals surface area contributed by atoms with Gasteiger partial charge in [0.05, 0.1) is 42.0 Å². The highest BCUT2D eigenvalue weighted by atomic mass is 35.5. The first kappa shape index (κ1) is 30.5. The molecule has 1 saturated heterocycles. The summed E-state index contributed by atoms with van der Waals surface area (Å²) in [6.45, 7) is 8.46. The van der Waals surface area contributed by atoms with Crippen LogP contribution in [0.2, 0.25) is 5.02 Å². The second-order valence-corrected chi connectivity index (χ2v) is 11.5. The number of aryl methyl sites for hydroxylation is 1. The Labute approximate surface area is 258 Å². The molecule has 5 rings (SSSR count). The van der Waals surface area contributed by atoms with Crippen molar-refractivity contribution in [2.75, 3.05) is 32.8 Å². The summed E-state index contributed by atoms with van der Waals surface area (Å²) in [4.78, 5) is 15.9. The first-order valence-electron chi connectivity index (χ1n) is 14.7. The van der Waals surface area contributed by atoms with Gasteiger partial charge in [-0.25, -0.2) is 0 Å².